The van der Waals surface area contributed by atoms with Gasteiger partial charge in [-0.2, -0.15) is 0 Å². The van der Waals surface area contributed by atoms with E-state index < -0.39 is 5.43 Å². The Balaban J connectivity index is 1.42. The second-order valence-corrected chi connectivity index (χ2v) is 10.4. The van der Waals surface area contributed by atoms with Crippen molar-refractivity contribution in [3.63, 3.8) is 0 Å². The SMILES string of the molecule is CCCN(CC1CC1)c1c(Nc2ccc(C3NCCc4cc(Cl)cc(Cl)c43)c(C)c2)c(=O)c1=O. The molecule has 34 heavy (non-hydrogen) atoms. The normalized spacial score (nSPS) is 17.6. The van der Waals surface area contributed by atoms with Crippen molar-refractivity contribution in [3.8, 4) is 0 Å². The van der Waals surface area contributed by atoms with Gasteiger partial charge in [0.05, 0.1) is 6.04 Å². The minimum atomic E-state index is -0.430. The summed E-state index contributed by atoms with van der Waals surface area (Å²) in [4.78, 5) is 27.0. The molecule has 7 heteroatoms. The van der Waals surface area contributed by atoms with E-state index in [0.717, 1.165) is 54.9 Å². The first kappa shape index (κ1) is 23.4. The lowest BCUT2D eigenvalue weighted by Crippen LogP contribution is -2.43. The number of fused-ring (bicyclic) bond motifs is 1. The molecule has 0 bridgehead atoms. The van der Waals surface area contributed by atoms with Crippen molar-refractivity contribution < 1.29 is 0 Å². The Hall–Kier alpha value is -2.34. The van der Waals surface area contributed by atoms with Crippen LogP contribution in [0.4, 0.5) is 17.1 Å². The van der Waals surface area contributed by atoms with Crippen molar-refractivity contribution in [2.75, 3.05) is 29.9 Å². The molecule has 2 N–H and O–H groups in total. The van der Waals surface area contributed by atoms with Crippen LogP contribution in [0.25, 0.3) is 0 Å². The maximum atomic E-state index is 12.5. The Morgan fingerprint density at radius 3 is 2.62 bits per heavy atom. The monoisotopic (exact) mass is 497 g/mol. The molecule has 0 amide bonds. The van der Waals surface area contributed by atoms with Gasteiger partial charge in [0.25, 0.3) is 10.9 Å². The molecule has 178 valence electrons. The molecule has 1 aliphatic carbocycles. The van der Waals surface area contributed by atoms with Gasteiger partial charge in [0, 0.05) is 35.4 Å². The molecule has 1 aliphatic heterocycles. The molecular weight excluding hydrogens is 469 g/mol. The lowest BCUT2D eigenvalue weighted by Gasteiger charge is -2.30. The Bertz CT molecular complexity index is 1310. The summed E-state index contributed by atoms with van der Waals surface area (Å²) in [6, 6.07) is 9.83. The van der Waals surface area contributed by atoms with Gasteiger partial charge >= 0.3 is 0 Å². The van der Waals surface area contributed by atoms with E-state index in [0.29, 0.717) is 27.3 Å². The molecule has 0 spiro atoms. The number of hydrogen-bond acceptors (Lipinski definition) is 5. The number of anilines is 3. The summed E-state index contributed by atoms with van der Waals surface area (Å²) in [7, 11) is 0. The van der Waals surface area contributed by atoms with Crippen molar-refractivity contribution >= 4 is 40.3 Å². The van der Waals surface area contributed by atoms with Gasteiger partial charge in [0.1, 0.15) is 11.4 Å². The first-order chi connectivity index (χ1) is 16.4. The highest BCUT2D eigenvalue weighted by Crippen LogP contribution is 2.38. The summed E-state index contributed by atoms with van der Waals surface area (Å²) >= 11 is 12.8. The second kappa shape index (κ2) is 9.37. The molecule has 3 aromatic rings. The van der Waals surface area contributed by atoms with Crippen molar-refractivity contribution in [2.45, 2.75) is 45.6 Å². The Kier molecular flexibility index (Phi) is 6.45. The molecule has 5 nitrogen and oxygen atoms in total. The predicted molar refractivity (Wildman–Crippen MR) is 141 cm³/mol. The standard InChI is InChI=1S/C27H29Cl2N3O2/c1-3-10-32(14-16-4-5-16)25-24(26(33)27(25)34)31-19-6-7-20(15(2)11-19)23-22-17(8-9-30-23)12-18(28)13-21(22)29/h6-7,11-13,16,23,30-31H,3-5,8-10,14H2,1-2H3. The third-order valence-electron chi connectivity index (χ3n) is 6.93. The molecule has 0 aromatic heterocycles. The number of rotatable bonds is 8. The van der Waals surface area contributed by atoms with Crippen molar-refractivity contribution in [2.24, 2.45) is 5.92 Å². The predicted octanol–water partition coefficient (Wildman–Crippen LogP) is 5.50. The van der Waals surface area contributed by atoms with Crippen LogP contribution in [0.2, 0.25) is 10.0 Å². The first-order valence-corrected chi connectivity index (χ1v) is 12.8. The topological polar surface area (TPSA) is 61.4 Å². The summed E-state index contributed by atoms with van der Waals surface area (Å²) in [6.45, 7) is 6.63. The molecule has 5 rings (SSSR count). The first-order valence-electron chi connectivity index (χ1n) is 12.0. The highest BCUT2D eigenvalue weighted by atomic mass is 35.5. The Labute approximate surface area is 209 Å². The molecule has 1 atom stereocenters. The van der Waals surface area contributed by atoms with Crippen LogP contribution in [0.1, 0.15) is 54.5 Å². The average molecular weight is 498 g/mol. The quantitative estimate of drug-likeness (QED) is 0.402. The maximum absolute atomic E-state index is 12.5. The van der Waals surface area contributed by atoms with E-state index in [2.05, 4.69) is 35.4 Å². The van der Waals surface area contributed by atoms with Crippen molar-refractivity contribution in [1.29, 1.82) is 0 Å². The maximum Gasteiger partial charge on any atom is 0.253 e. The van der Waals surface area contributed by atoms with Gasteiger partial charge < -0.3 is 15.5 Å². The van der Waals surface area contributed by atoms with E-state index in [4.69, 9.17) is 23.2 Å². The third-order valence-corrected chi connectivity index (χ3v) is 7.46. The molecule has 1 saturated carbocycles. The third kappa shape index (κ3) is 4.37. The van der Waals surface area contributed by atoms with Crippen LogP contribution in [-0.4, -0.2) is 19.6 Å². The summed E-state index contributed by atoms with van der Waals surface area (Å²) in [5, 5.41) is 8.16. The summed E-state index contributed by atoms with van der Waals surface area (Å²) in [5.41, 5.74) is 5.41. The van der Waals surface area contributed by atoms with Gasteiger partial charge in [-0.3, -0.25) is 9.59 Å². The number of hydrogen-bond donors (Lipinski definition) is 2. The highest BCUT2D eigenvalue weighted by Gasteiger charge is 2.31. The number of benzene rings is 2. The molecule has 0 radical (unpaired) electrons. The van der Waals surface area contributed by atoms with Gasteiger partial charge in [-0.1, -0.05) is 36.2 Å². The van der Waals surface area contributed by atoms with E-state index in [1.54, 1.807) is 6.07 Å². The number of aryl methyl sites for hydroxylation is 1. The minimum absolute atomic E-state index is 0.0251. The van der Waals surface area contributed by atoms with Crippen LogP contribution >= 0.6 is 23.2 Å². The van der Waals surface area contributed by atoms with E-state index in [9.17, 15) is 9.59 Å². The molecule has 1 unspecified atom stereocenters. The van der Waals surface area contributed by atoms with E-state index in [1.807, 2.05) is 18.2 Å². The smallest absolute Gasteiger partial charge is 0.253 e. The number of nitrogens with one attached hydrogen (secondary N) is 2. The molecule has 1 fully saturated rings. The second-order valence-electron chi connectivity index (χ2n) is 9.57. The minimum Gasteiger partial charge on any atom is -0.366 e. The van der Waals surface area contributed by atoms with Crippen molar-refractivity contribution in [1.82, 2.24) is 5.32 Å². The van der Waals surface area contributed by atoms with Gasteiger partial charge in [-0.15, -0.1) is 0 Å². The lowest BCUT2D eigenvalue weighted by atomic mass is 9.87. The zero-order valence-electron chi connectivity index (χ0n) is 19.5. The van der Waals surface area contributed by atoms with Crippen LogP contribution in [0.15, 0.2) is 39.9 Å². The summed E-state index contributed by atoms with van der Waals surface area (Å²) in [5.74, 6) is 0.637. The Morgan fingerprint density at radius 2 is 1.91 bits per heavy atom. The fraction of sp³-hybridized carbons (Fsp3) is 0.407. The van der Waals surface area contributed by atoms with Crippen LogP contribution in [0.3, 0.4) is 0 Å². The fourth-order valence-electron chi connectivity index (χ4n) is 5.08. The molecule has 1 heterocycles. The van der Waals surface area contributed by atoms with Crippen LogP contribution in [0, 0.1) is 12.8 Å². The van der Waals surface area contributed by atoms with Crippen LogP contribution in [-0.2, 0) is 6.42 Å². The van der Waals surface area contributed by atoms with Gasteiger partial charge in [-0.05, 0) is 85.0 Å². The fourth-order valence-corrected chi connectivity index (χ4v) is 5.73. The zero-order chi connectivity index (χ0) is 24.0. The van der Waals surface area contributed by atoms with E-state index in [-0.39, 0.29) is 11.5 Å². The van der Waals surface area contributed by atoms with Crippen LogP contribution in [0.5, 0.6) is 0 Å². The molecule has 3 aromatic carbocycles. The zero-order valence-corrected chi connectivity index (χ0v) is 21.0. The van der Waals surface area contributed by atoms with Gasteiger partial charge in [0.15, 0.2) is 0 Å². The molecule has 0 saturated heterocycles. The van der Waals surface area contributed by atoms with Gasteiger partial charge in [0.2, 0.25) is 0 Å². The largest absolute Gasteiger partial charge is 0.366 e. The lowest BCUT2D eigenvalue weighted by molar-refractivity contribution is 0.566. The summed E-state index contributed by atoms with van der Waals surface area (Å²) in [6.07, 6.45) is 4.22. The molecular formula is C27H29Cl2N3O2. The average Bonchev–Trinajstić information content (AvgIpc) is 3.62. The number of halogens is 2. The summed E-state index contributed by atoms with van der Waals surface area (Å²) < 4.78 is 0. The van der Waals surface area contributed by atoms with Crippen molar-refractivity contribution in [3.05, 3.63) is 83.1 Å². The Morgan fingerprint density at radius 1 is 1.12 bits per heavy atom. The molecule has 2 aliphatic rings. The van der Waals surface area contributed by atoms with E-state index in [1.165, 1.54) is 18.4 Å². The van der Waals surface area contributed by atoms with E-state index >= 15 is 0 Å². The van der Waals surface area contributed by atoms with Gasteiger partial charge in [-0.25, -0.2) is 0 Å². The highest BCUT2D eigenvalue weighted by molar-refractivity contribution is 6.35. The number of nitrogens with zero attached hydrogens (tertiary/aromatic N) is 1. The van der Waals surface area contributed by atoms with Crippen LogP contribution < -0.4 is 26.4 Å².